The topological polar surface area (TPSA) is 63.7 Å². The van der Waals surface area contributed by atoms with Gasteiger partial charge in [0.1, 0.15) is 16.6 Å². The smallest absolute Gasteiger partial charge is 0.274 e. The lowest BCUT2D eigenvalue weighted by atomic mass is 10.1. The van der Waals surface area contributed by atoms with Gasteiger partial charge in [0, 0.05) is 10.4 Å². The third kappa shape index (κ3) is 2.50. The van der Waals surface area contributed by atoms with Crippen LogP contribution in [0.5, 0.6) is 5.75 Å². The average molecular weight is 337 g/mol. The molecule has 2 heterocycles. The summed E-state index contributed by atoms with van der Waals surface area (Å²) in [6.45, 7) is 3.83. The molecule has 0 atom stereocenters. The molecular weight excluding hydrogens is 322 g/mol. The number of rotatable bonds is 3. The number of hydrogen-bond donors (Lipinski definition) is 0. The van der Waals surface area contributed by atoms with Crippen LogP contribution in [0, 0.1) is 6.92 Å². The van der Waals surface area contributed by atoms with Gasteiger partial charge in [-0.25, -0.2) is 8.42 Å². The summed E-state index contributed by atoms with van der Waals surface area (Å²) in [5, 5.41) is 0. The Balaban J connectivity index is 2.11. The Hall–Kier alpha value is -1.86. The standard InChI is InChI=1S/C15H15NO4S2/c1-10-3-6-15(21-10)22(18,19)16-7-8-20-14-5-4-12(11(2)17)9-13(14)16/h3-6,9H,7-8H2,1-2H3. The molecule has 116 valence electrons. The molecule has 0 saturated carbocycles. The molecule has 3 rings (SSSR count). The Morgan fingerprint density at radius 2 is 2.05 bits per heavy atom. The van der Waals surface area contributed by atoms with E-state index in [1.54, 1.807) is 30.3 Å². The number of carbonyl (C=O) groups excluding carboxylic acids is 1. The fourth-order valence-electron chi connectivity index (χ4n) is 2.32. The van der Waals surface area contributed by atoms with E-state index in [1.807, 2.05) is 6.92 Å². The maximum atomic E-state index is 12.8. The van der Waals surface area contributed by atoms with Gasteiger partial charge < -0.3 is 4.74 Å². The Bertz CT molecular complexity index is 839. The minimum Gasteiger partial charge on any atom is -0.489 e. The van der Waals surface area contributed by atoms with E-state index in [4.69, 9.17) is 4.74 Å². The van der Waals surface area contributed by atoms with E-state index >= 15 is 0 Å². The van der Waals surface area contributed by atoms with Crippen LogP contribution in [0.3, 0.4) is 0 Å². The maximum absolute atomic E-state index is 12.8. The van der Waals surface area contributed by atoms with Gasteiger partial charge >= 0.3 is 0 Å². The number of fused-ring (bicyclic) bond motifs is 1. The minimum absolute atomic E-state index is 0.113. The Morgan fingerprint density at radius 3 is 2.68 bits per heavy atom. The number of ketones is 1. The second-order valence-corrected chi connectivity index (χ2v) is 8.41. The van der Waals surface area contributed by atoms with E-state index in [0.717, 1.165) is 4.88 Å². The number of thiophene rings is 1. The number of carbonyl (C=O) groups is 1. The molecule has 0 aliphatic carbocycles. The SMILES string of the molecule is CC(=O)c1ccc2c(c1)N(S(=O)(=O)c1ccc(C)s1)CCO2. The quantitative estimate of drug-likeness (QED) is 0.808. The van der Waals surface area contributed by atoms with E-state index in [2.05, 4.69) is 0 Å². The highest BCUT2D eigenvalue weighted by molar-refractivity contribution is 7.94. The summed E-state index contributed by atoms with van der Waals surface area (Å²) in [6.07, 6.45) is 0. The van der Waals surface area contributed by atoms with Crippen molar-refractivity contribution in [1.29, 1.82) is 0 Å². The first-order chi connectivity index (χ1) is 10.4. The fourth-order valence-corrected chi connectivity index (χ4v) is 5.17. The second-order valence-electron chi connectivity index (χ2n) is 5.03. The first-order valence-corrected chi connectivity index (χ1v) is 9.02. The second kappa shape index (κ2) is 5.40. The molecule has 22 heavy (non-hydrogen) atoms. The molecule has 0 radical (unpaired) electrons. The van der Waals surface area contributed by atoms with Crippen LogP contribution in [-0.2, 0) is 10.0 Å². The molecule has 0 unspecified atom stereocenters. The molecule has 1 aliphatic rings. The first-order valence-electron chi connectivity index (χ1n) is 6.76. The van der Waals surface area contributed by atoms with E-state index in [1.165, 1.54) is 22.6 Å². The van der Waals surface area contributed by atoms with Crippen molar-refractivity contribution in [3.05, 3.63) is 40.8 Å². The Morgan fingerprint density at radius 1 is 1.27 bits per heavy atom. The summed E-state index contributed by atoms with van der Waals surface area (Å²) in [6, 6.07) is 8.26. The van der Waals surface area contributed by atoms with Crippen molar-refractivity contribution in [3.63, 3.8) is 0 Å². The lowest BCUT2D eigenvalue weighted by Gasteiger charge is -2.30. The summed E-state index contributed by atoms with van der Waals surface area (Å²) in [7, 11) is -3.64. The highest BCUT2D eigenvalue weighted by atomic mass is 32.2. The van der Waals surface area contributed by atoms with Crippen LogP contribution in [0.1, 0.15) is 22.2 Å². The highest BCUT2D eigenvalue weighted by Gasteiger charge is 2.31. The number of benzene rings is 1. The molecule has 0 saturated heterocycles. The largest absolute Gasteiger partial charge is 0.489 e. The van der Waals surface area contributed by atoms with E-state index in [9.17, 15) is 13.2 Å². The van der Waals surface area contributed by atoms with E-state index in [-0.39, 0.29) is 18.9 Å². The van der Waals surface area contributed by atoms with Crippen LogP contribution in [-0.4, -0.2) is 27.4 Å². The molecule has 0 spiro atoms. The van der Waals surface area contributed by atoms with Gasteiger partial charge in [-0.15, -0.1) is 11.3 Å². The number of hydrogen-bond acceptors (Lipinski definition) is 5. The number of ether oxygens (including phenoxy) is 1. The van der Waals surface area contributed by atoms with Crippen molar-refractivity contribution in [2.24, 2.45) is 0 Å². The Kier molecular flexibility index (Phi) is 3.70. The zero-order valence-corrected chi connectivity index (χ0v) is 13.8. The molecule has 0 fully saturated rings. The van der Waals surface area contributed by atoms with Gasteiger partial charge in [0.2, 0.25) is 0 Å². The monoisotopic (exact) mass is 337 g/mol. The summed E-state index contributed by atoms with van der Waals surface area (Å²) >= 11 is 1.24. The van der Waals surface area contributed by atoms with Crippen molar-refractivity contribution in [1.82, 2.24) is 0 Å². The van der Waals surface area contributed by atoms with Gasteiger partial charge in [-0.1, -0.05) is 0 Å². The van der Waals surface area contributed by atoms with E-state index in [0.29, 0.717) is 21.2 Å². The number of nitrogens with zero attached hydrogens (tertiary/aromatic N) is 1. The average Bonchev–Trinajstić information content (AvgIpc) is 2.93. The van der Waals surface area contributed by atoms with Gasteiger partial charge in [-0.3, -0.25) is 9.10 Å². The Labute approximate surface area is 133 Å². The van der Waals surface area contributed by atoms with Gasteiger partial charge in [-0.2, -0.15) is 0 Å². The third-order valence-corrected chi connectivity index (χ3v) is 6.73. The normalized spacial score (nSPS) is 14.4. The molecule has 5 nitrogen and oxygen atoms in total. The summed E-state index contributed by atoms with van der Waals surface area (Å²) in [4.78, 5) is 12.5. The number of anilines is 1. The van der Waals surface area contributed by atoms with Crippen LogP contribution < -0.4 is 9.04 Å². The molecule has 0 bridgehead atoms. The fraction of sp³-hybridized carbons (Fsp3) is 0.267. The number of aryl methyl sites for hydroxylation is 1. The maximum Gasteiger partial charge on any atom is 0.274 e. The highest BCUT2D eigenvalue weighted by Crippen LogP contribution is 2.37. The summed E-state index contributed by atoms with van der Waals surface area (Å²) in [5.74, 6) is 0.366. The first kappa shape index (κ1) is 15.1. The van der Waals surface area contributed by atoms with Crippen molar-refractivity contribution in [3.8, 4) is 5.75 Å². The van der Waals surface area contributed by atoms with Crippen LogP contribution in [0.25, 0.3) is 0 Å². The molecule has 1 aromatic heterocycles. The van der Waals surface area contributed by atoms with Gasteiger partial charge in [0.25, 0.3) is 10.0 Å². The minimum atomic E-state index is -3.64. The van der Waals surface area contributed by atoms with Crippen molar-refractivity contribution in [2.45, 2.75) is 18.1 Å². The lowest BCUT2D eigenvalue weighted by Crippen LogP contribution is -2.37. The molecule has 1 aliphatic heterocycles. The van der Waals surface area contributed by atoms with Gasteiger partial charge in [0.15, 0.2) is 5.78 Å². The molecule has 2 aromatic rings. The molecule has 0 N–H and O–H groups in total. The van der Waals surface area contributed by atoms with Crippen LogP contribution >= 0.6 is 11.3 Å². The van der Waals surface area contributed by atoms with Gasteiger partial charge in [-0.05, 0) is 44.2 Å². The number of sulfonamides is 1. The molecule has 7 heteroatoms. The summed E-state index contributed by atoms with van der Waals surface area (Å²) in [5.41, 5.74) is 0.886. The van der Waals surface area contributed by atoms with Crippen molar-refractivity contribution < 1.29 is 17.9 Å². The van der Waals surface area contributed by atoms with Crippen molar-refractivity contribution >= 4 is 32.8 Å². The summed E-state index contributed by atoms with van der Waals surface area (Å²) < 4.78 is 32.8. The van der Waals surface area contributed by atoms with Crippen LogP contribution in [0.15, 0.2) is 34.5 Å². The predicted octanol–water partition coefficient (Wildman–Crippen LogP) is 2.85. The van der Waals surface area contributed by atoms with E-state index < -0.39 is 10.0 Å². The lowest BCUT2D eigenvalue weighted by molar-refractivity contribution is 0.101. The zero-order chi connectivity index (χ0) is 15.9. The molecular formula is C15H15NO4S2. The molecule has 0 amide bonds. The number of Topliss-reactive ketones (excluding diaryl/α,β-unsaturated/α-hetero) is 1. The molecule has 1 aromatic carbocycles. The van der Waals surface area contributed by atoms with Crippen LogP contribution in [0.4, 0.5) is 5.69 Å². The zero-order valence-electron chi connectivity index (χ0n) is 12.2. The van der Waals surface area contributed by atoms with Gasteiger partial charge in [0.05, 0.1) is 12.2 Å². The van der Waals surface area contributed by atoms with Crippen molar-refractivity contribution in [2.75, 3.05) is 17.5 Å². The third-order valence-electron chi connectivity index (χ3n) is 3.45. The predicted molar refractivity (Wildman–Crippen MR) is 85.5 cm³/mol. The van der Waals surface area contributed by atoms with Crippen LogP contribution in [0.2, 0.25) is 0 Å².